The summed E-state index contributed by atoms with van der Waals surface area (Å²) in [5.41, 5.74) is 0.278. The monoisotopic (exact) mass is 429 g/mol. The van der Waals surface area contributed by atoms with Gasteiger partial charge in [0.05, 0.1) is 47.0 Å². The number of hydrogen-bond acceptors (Lipinski definition) is 5. The summed E-state index contributed by atoms with van der Waals surface area (Å²) in [5.74, 6) is -0.323. The molecule has 0 aliphatic heterocycles. The Morgan fingerprint density at radius 3 is 2.41 bits per heavy atom. The average Bonchev–Trinajstić information content (AvgIpc) is 2.65. The molecule has 0 bridgehead atoms. The van der Waals surface area contributed by atoms with Crippen molar-refractivity contribution in [2.24, 2.45) is 0 Å². The van der Waals surface area contributed by atoms with Gasteiger partial charge in [0.2, 0.25) is 0 Å². The van der Waals surface area contributed by atoms with E-state index in [2.05, 4.69) is 11.3 Å². The first-order chi connectivity index (χ1) is 12.8. The third-order valence-electron chi connectivity index (χ3n) is 3.65. The number of nitrogens with zero attached hydrogens (tertiary/aromatic N) is 1. The van der Waals surface area contributed by atoms with Gasteiger partial charge in [-0.25, -0.2) is 13.2 Å². The number of sulfonamides is 1. The molecular formula is C18H17Cl2NO5S. The van der Waals surface area contributed by atoms with Crippen LogP contribution in [0.3, 0.4) is 0 Å². The maximum atomic E-state index is 13.1. The molecule has 0 fully saturated rings. The molecule has 144 valence electrons. The summed E-state index contributed by atoms with van der Waals surface area (Å²) in [6.07, 6.45) is 1.43. The minimum Gasteiger partial charge on any atom is -0.495 e. The van der Waals surface area contributed by atoms with E-state index in [0.717, 1.165) is 4.31 Å². The molecule has 0 spiro atoms. The van der Waals surface area contributed by atoms with Crippen LogP contribution in [0.25, 0.3) is 0 Å². The first-order valence-electron chi connectivity index (χ1n) is 7.61. The summed E-state index contributed by atoms with van der Waals surface area (Å²) >= 11 is 12.1. The highest BCUT2D eigenvalue weighted by atomic mass is 35.5. The van der Waals surface area contributed by atoms with Gasteiger partial charge in [0, 0.05) is 0 Å². The number of anilines is 1. The third kappa shape index (κ3) is 4.37. The highest BCUT2D eigenvalue weighted by molar-refractivity contribution is 7.92. The molecule has 0 unspecified atom stereocenters. The van der Waals surface area contributed by atoms with Gasteiger partial charge in [0.25, 0.3) is 10.0 Å². The minimum absolute atomic E-state index is 0.0335. The van der Waals surface area contributed by atoms with Gasteiger partial charge in [-0.15, -0.1) is 6.58 Å². The topological polar surface area (TPSA) is 72.9 Å². The molecule has 0 heterocycles. The van der Waals surface area contributed by atoms with Gasteiger partial charge in [-0.2, -0.15) is 0 Å². The molecule has 0 aliphatic carbocycles. The summed E-state index contributed by atoms with van der Waals surface area (Å²) < 4.78 is 37.1. The van der Waals surface area contributed by atoms with E-state index in [-0.39, 0.29) is 32.7 Å². The van der Waals surface area contributed by atoms with Crippen molar-refractivity contribution in [1.29, 1.82) is 0 Å². The van der Waals surface area contributed by atoms with Gasteiger partial charge in [-0.3, -0.25) is 4.31 Å². The summed E-state index contributed by atoms with van der Waals surface area (Å²) in [6, 6.07) is 8.40. The van der Waals surface area contributed by atoms with Crippen LogP contribution in [0.4, 0.5) is 5.69 Å². The van der Waals surface area contributed by atoms with Gasteiger partial charge in [-0.1, -0.05) is 29.3 Å². The molecule has 0 atom stereocenters. The molecule has 0 aliphatic rings. The lowest BCUT2D eigenvalue weighted by Gasteiger charge is -2.24. The van der Waals surface area contributed by atoms with Crippen LogP contribution in [0, 0.1) is 0 Å². The molecule has 0 saturated heterocycles. The average molecular weight is 430 g/mol. The van der Waals surface area contributed by atoms with Crippen LogP contribution < -0.4 is 9.04 Å². The molecule has 2 aromatic carbocycles. The Bertz CT molecular complexity index is 976. The molecule has 27 heavy (non-hydrogen) atoms. The Kier molecular flexibility index (Phi) is 6.75. The van der Waals surface area contributed by atoms with Crippen molar-refractivity contribution in [2.45, 2.75) is 4.90 Å². The number of halogens is 2. The van der Waals surface area contributed by atoms with E-state index in [9.17, 15) is 13.2 Å². The van der Waals surface area contributed by atoms with Gasteiger partial charge < -0.3 is 9.47 Å². The van der Waals surface area contributed by atoms with E-state index >= 15 is 0 Å². The normalized spacial score (nSPS) is 11.0. The Labute approximate surface area is 168 Å². The molecule has 0 aromatic heterocycles. The molecule has 2 rings (SSSR count). The number of rotatable bonds is 7. The Morgan fingerprint density at radius 1 is 1.15 bits per heavy atom. The molecule has 0 N–H and O–H groups in total. The fraction of sp³-hybridized carbons (Fsp3) is 0.167. The Hall–Kier alpha value is -2.22. The lowest BCUT2D eigenvalue weighted by Crippen LogP contribution is -2.31. The summed E-state index contributed by atoms with van der Waals surface area (Å²) in [7, 11) is -1.36. The van der Waals surface area contributed by atoms with Crippen molar-refractivity contribution in [1.82, 2.24) is 0 Å². The summed E-state index contributed by atoms with van der Waals surface area (Å²) in [4.78, 5) is 11.8. The van der Waals surface area contributed by atoms with Crippen molar-refractivity contribution in [3.05, 3.63) is 64.7 Å². The molecule has 9 heteroatoms. The predicted molar refractivity (Wildman–Crippen MR) is 106 cm³/mol. The van der Waals surface area contributed by atoms with Crippen LogP contribution in [0.15, 0.2) is 53.9 Å². The fourth-order valence-corrected chi connectivity index (χ4v) is 4.30. The van der Waals surface area contributed by atoms with Crippen LogP contribution in [0.2, 0.25) is 10.0 Å². The van der Waals surface area contributed by atoms with Crippen molar-refractivity contribution >= 4 is 44.9 Å². The highest BCUT2D eigenvalue weighted by Crippen LogP contribution is 2.32. The minimum atomic E-state index is -4.00. The molecule has 0 saturated carbocycles. The van der Waals surface area contributed by atoms with E-state index in [1.165, 1.54) is 56.7 Å². The quantitative estimate of drug-likeness (QED) is 0.487. The van der Waals surface area contributed by atoms with Crippen LogP contribution in [-0.2, 0) is 14.8 Å². The first-order valence-corrected chi connectivity index (χ1v) is 9.81. The zero-order valence-electron chi connectivity index (χ0n) is 14.6. The van der Waals surface area contributed by atoms with E-state index in [1.807, 2.05) is 0 Å². The molecule has 2 aromatic rings. The SMILES string of the molecule is C=CCN(c1ccc(Cl)c(C(=O)OC)c1)S(=O)(=O)c1ccc(OC)c(Cl)c1. The first kappa shape index (κ1) is 21.1. The van der Waals surface area contributed by atoms with Crippen LogP contribution >= 0.6 is 23.2 Å². The van der Waals surface area contributed by atoms with Gasteiger partial charge in [-0.05, 0) is 36.4 Å². The Morgan fingerprint density at radius 2 is 1.85 bits per heavy atom. The van der Waals surface area contributed by atoms with Gasteiger partial charge in [0.1, 0.15) is 5.75 Å². The molecule has 6 nitrogen and oxygen atoms in total. The largest absolute Gasteiger partial charge is 0.495 e. The van der Waals surface area contributed by atoms with E-state index in [0.29, 0.717) is 5.75 Å². The van der Waals surface area contributed by atoms with E-state index in [4.69, 9.17) is 27.9 Å². The molecule has 0 radical (unpaired) electrons. The number of hydrogen-bond donors (Lipinski definition) is 0. The van der Waals surface area contributed by atoms with E-state index in [1.54, 1.807) is 0 Å². The second-order valence-electron chi connectivity index (χ2n) is 5.28. The number of carbonyl (C=O) groups is 1. The lowest BCUT2D eigenvalue weighted by atomic mass is 10.2. The molecular weight excluding hydrogens is 413 g/mol. The second-order valence-corrected chi connectivity index (χ2v) is 7.95. The van der Waals surface area contributed by atoms with Crippen molar-refractivity contribution in [2.75, 3.05) is 25.1 Å². The number of benzene rings is 2. The van der Waals surface area contributed by atoms with Crippen molar-refractivity contribution in [3.8, 4) is 5.75 Å². The van der Waals surface area contributed by atoms with E-state index < -0.39 is 16.0 Å². The second kappa shape index (κ2) is 8.65. The Balaban J connectivity index is 2.58. The van der Waals surface area contributed by atoms with Crippen LogP contribution in [0.1, 0.15) is 10.4 Å². The molecule has 0 amide bonds. The van der Waals surface area contributed by atoms with Crippen molar-refractivity contribution < 1.29 is 22.7 Å². The highest BCUT2D eigenvalue weighted by Gasteiger charge is 2.26. The maximum absolute atomic E-state index is 13.1. The predicted octanol–water partition coefficient (Wildman–Crippen LogP) is 4.17. The third-order valence-corrected chi connectivity index (χ3v) is 6.06. The zero-order valence-corrected chi connectivity index (χ0v) is 16.9. The number of ether oxygens (including phenoxy) is 2. The lowest BCUT2D eigenvalue weighted by molar-refractivity contribution is 0.0601. The van der Waals surface area contributed by atoms with Crippen LogP contribution in [0.5, 0.6) is 5.75 Å². The standard InChI is InChI=1S/C18H17Cl2NO5S/c1-4-9-21(12-5-7-15(19)14(10-12)18(22)26-3)27(23,24)13-6-8-17(25-2)16(20)11-13/h4-8,10-11H,1,9H2,2-3H3. The smallest absolute Gasteiger partial charge is 0.339 e. The number of carbonyl (C=O) groups excluding carboxylic acids is 1. The van der Waals surface area contributed by atoms with Gasteiger partial charge in [0.15, 0.2) is 0 Å². The van der Waals surface area contributed by atoms with Gasteiger partial charge >= 0.3 is 5.97 Å². The zero-order chi connectivity index (χ0) is 20.2. The number of esters is 1. The van der Waals surface area contributed by atoms with Crippen molar-refractivity contribution in [3.63, 3.8) is 0 Å². The summed E-state index contributed by atoms with van der Waals surface area (Å²) in [6.45, 7) is 3.57. The maximum Gasteiger partial charge on any atom is 0.339 e. The van der Waals surface area contributed by atoms with Crippen LogP contribution in [-0.4, -0.2) is 35.2 Å². The summed E-state index contributed by atoms with van der Waals surface area (Å²) in [5, 5.41) is 0.303. The number of methoxy groups -OCH3 is 2. The fourth-order valence-electron chi connectivity index (χ4n) is 2.33.